The zero-order valence-electron chi connectivity index (χ0n) is 8.55. The number of halogens is 1. The summed E-state index contributed by atoms with van der Waals surface area (Å²) in [7, 11) is -3.48. The molecule has 0 aromatic heterocycles. The van der Waals surface area contributed by atoms with Crippen molar-refractivity contribution in [2.75, 3.05) is 26.2 Å². The average Bonchev–Trinajstić information content (AvgIpc) is 2.16. The van der Waals surface area contributed by atoms with E-state index in [1.165, 1.54) is 6.92 Å². The number of nitrogens with two attached hydrogens (primary N) is 1. The van der Waals surface area contributed by atoms with Crippen LogP contribution in [0.25, 0.3) is 0 Å². The molecule has 1 unspecified atom stereocenters. The Kier molecular flexibility index (Phi) is 3.89. The first-order valence-corrected chi connectivity index (χ1v) is 6.16. The van der Waals surface area contributed by atoms with Crippen molar-refractivity contribution in [3.8, 4) is 0 Å². The molecule has 1 rings (SSSR count). The SMILES string of the molecule is CC(=O)NS(N)(F)C(=N)N1CCNCC1. The van der Waals surface area contributed by atoms with E-state index in [1.807, 2.05) is 4.72 Å². The third-order valence-corrected chi connectivity index (χ3v) is 3.38. The first-order chi connectivity index (χ1) is 6.93. The van der Waals surface area contributed by atoms with Crippen molar-refractivity contribution in [3.63, 3.8) is 0 Å². The molecule has 0 bridgehead atoms. The molecular formula is C7H16FN5OS. The number of amidine groups is 1. The Morgan fingerprint density at radius 1 is 1.60 bits per heavy atom. The van der Waals surface area contributed by atoms with Gasteiger partial charge in [-0.15, -0.1) is 3.89 Å². The zero-order chi connectivity index (χ0) is 11.5. The maximum absolute atomic E-state index is 13.8. The Hall–Kier alpha value is -0.860. The van der Waals surface area contributed by atoms with Crippen LogP contribution >= 0.6 is 10.8 Å². The average molecular weight is 237 g/mol. The molecule has 1 aliphatic rings. The molecule has 6 nitrogen and oxygen atoms in total. The molecular weight excluding hydrogens is 221 g/mol. The van der Waals surface area contributed by atoms with Gasteiger partial charge in [0.05, 0.1) is 0 Å². The molecule has 0 aromatic carbocycles. The van der Waals surface area contributed by atoms with Crippen molar-refractivity contribution in [1.82, 2.24) is 14.9 Å². The molecule has 1 saturated heterocycles. The summed E-state index contributed by atoms with van der Waals surface area (Å²) >= 11 is 0. The molecule has 0 aromatic rings. The number of nitrogens with zero attached hydrogens (tertiary/aromatic N) is 1. The minimum atomic E-state index is -3.48. The monoisotopic (exact) mass is 237 g/mol. The molecule has 0 radical (unpaired) electrons. The Morgan fingerprint density at radius 2 is 2.13 bits per heavy atom. The number of piperazine rings is 1. The van der Waals surface area contributed by atoms with Crippen molar-refractivity contribution in [2.45, 2.75) is 6.92 Å². The second kappa shape index (κ2) is 4.77. The largest absolute Gasteiger partial charge is 0.346 e. The van der Waals surface area contributed by atoms with Crippen molar-refractivity contribution < 1.29 is 8.68 Å². The summed E-state index contributed by atoms with van der Waals surface area (Å²) in [4.78, 5) is 12.3. The van der Waals surface area contributed by atoms with E-state index < -0.39 is 16.7 Å². The maximum Gasteiger partial charge on any atom is 0.228 e. The molecule has 1 heterocycles. The summed E-state index contributed by atoms with van der Waals surface area (Å²) in [6, 6.07) is 0. The molecule has 1 amide bonds. The summed E-state index contributed by atoms with van der Waals surface area (Å²) in [5, 5.41) is 15.7. The second-order valence-corrected chi connectivity index (χ2v) is 5.03. The van der Waals surface area contributed by atoms with Gasteiger partial charge >= 0.3 is 0 Å². The van der Waals surface area contributed by atoms with Crippen LogP contribution in [0.4, 0.5) is 3.89 Å². The van der Waals surface area contributed by atoms with Gasteiger partial charge in [-0.25, -0.2) is 5.14 Å². The molecule has 88 valence electrons. The fourth-order valence-corrected chi connectivity index (χ4v) is 2.39. The molecule has 0 saturated carbocycles. The van der Waals surface area contributed by atoms with E-state index in [4.69, 9.17) is 10.5 Å². The predicted octanol–water partition coefficient (Wildman–Crippen LogP) is -0.560. The van der Waals surface area contributed by atoms with Crippen LogP contribution < -0.4 is 15.2 Å². The Balaban J connectivity index is 2.60. The topological polar surface area (TPSA) is 94.2 Å². The molecule has 1 fully saturated rings. The predicted molar refractivity (Wildman–Crippen MR) is 58.9 cm³/mol. The van der Waals surface area contributed by atoms with Gasteiger partial charge in [-0.2, -0.15) is 0 Å². The lowest BCUT2D eigenvalue weighted by Crippen LogP contribution is -2.50. The summed E-state index contributed by atoms with van der Waals surface area (Å²) in [6.45, 7) is 3.64. The van der Waals surface area contributed by atoms with Crippen LogP contribution in [0.15, 0.2) is 0 Å². The summed E-state index contributed by atoms with van der Waals surface area (Å²) < 4.78 is 15.7. The van der Waals surface area contributed by atoms with Crippen LogP contribution in [0.3, 0.4) is 0 Å². The normalized spacial score (nSPS) is 22.7. The molecule has 1 atom stereocenters. The highest BCUT2D eigenvalue weighted by Gasteiger charge is 2.30. The molecule has 1 aliphatic heterocycles. The van der Waals surface area contributed by atoms with Crippen LogP contribution in [0, 0.1) is 5.41 Å². The number of hydrogen-bond donors (Lipinski definition) is 4. The van der Waals surface area contributed by atoms with Gasteiger partial charge in [-0.3, -0.25) is 14.9 Å². The molecule has 8 heteroatoms. The van der Waals surface area contributed by atoms with Gasteiger partial charge in [0.15, 0.2) is 5.17 Å². The fourth-order valence-electron chi connectivity index (χ4n) is 1.31. The summed E-state index contributed by atoms with van der Waals surface area (Å²) in [6.07, 6.45) is 0. The van der Waals surface area contributed by atoms with Crippen molar-refractivity contribution in [1.29, 1.82) is 5.41 Å². The fraction of sp³-hybridized carbons (Fsp3) is 0.714. The van der Waals surface area contributed by atoms with Crippen LogP contribution in [0.1, 0.15) is 6.92 Å². The highest BCUT2D eigenvalue weighted by atomic mass is 32.3. The van der Waals surface area contributed by atoms with Crippen molar-refractivity contribution >= 4 is 21.9 Å². The highest BCUT2D eigenvalue weighted by molar-refractivity contribution is 8.38. The van der Waals surface area contributed by atoms with E-state index in [-0.39, 0.29) is 5.17 Å². The molecule has 15 heavy (non-hydrogen) atoms. The smallest absolute Gasteiger partial charge is 0.228 e. The zero-order valence-corrected chi connectivity index (χ0v) is 9.36. The standard InChI is InChI=1S/C7H16FN5OS/c1-6(14)12-15(8,10)7(9)13-4-2-11-3-5-13/h9,11H,2-5,10H2,1H3,(H,12,14). The maximum atomic E-state index is 13.8. The van der Waals surface area contributed by atoms with Crippen LogP contribution in [-0.2, 0) is 4.79 Å². The number of carbonyl (C=O) groups excluding carboxylic acids is 1. The lowest BCUT2D eigenvalue weighted by atomic mass is 10.4. The van der Waals surface area contributed by atoms with Gasteiger partial charge in [-0.05, 0) is 0 Å². The van der Waals surface area contributed by atoms with Crippen LogP contribution in [-0.4, -0.2) is 42.2 Å². The minimum Gasteiger partial charge on any atom is -0.346 e. The number of amides is 1. The van der Waals surface area contributed by atoms with E-state index in [0.717, 1.165) is 0 Å². The van der Waals surface area contributed by atoms with E-state index >= 15 is 0 Å². The Morgan fingerprint density at radius 3 is 2.60 bits per heavy atom. The number of rotatable bonds is 0. The molecule has 0 aliphatic carbocycles. The van der Waals surface area contributed by atoms with E-state index in [9.17, 15) is 8.68 Å². The van der Waals surface area contributed by atoms with Gasteiger partial charge in [0.25, 0.3) is 0 Å². The lowest BCUT2D eigenvalue weighted by Gasteiger charge is -2.36. The highest BCUT2D eigenvalue weighted by Crippen LogP contribution is 2.38. The lowest BCUT2D eigenvalue weighted by molar-refractivity contribution is -0.117. The molecule has 5 N–H and O–H groups in total. The Bertz CT molecular complexity index is 266. The minimum absolute atomic E-state index is 0.320. The quantitative estimate of drug-likeness (QED) is 0.335. The van der Waals surface area contributed by atoms with Crippen LogP contribution in [0.5, 0.6) is 0 Å². The van der Waals surface area contributed by atoms with E-state index in [1.54, 1.807) is 4.90 Å². The van der Waals surface area contributed by atoms with Gasteiger partial charge in [0, 0.05) is 33.1 Å². The van der Waals surface area contributed by atoms with Crippen molar-refractivity contribution in [3.05, 3.63) is 0 Å². The summed E-state index contributed by atoms with van der Waals surface area (Å²) in [5.41, 5.74) is 0. The number of hydrogen-bond acceptors (Lipinski definition) is 4. The second-order valence-electron chi connectivity index (χ2n) is 3.28. The first-order valence-electron chi connectivity index (χ1n) is 4.57. The summed E-state index contributed by atoms with van der Waals surface area (Å²) in [5.74, 6) is -0.560. The van der Waals surface area contributed by atoms with Crippen LogP contribution in [0.2, 0.25) is 0 Å². The van der Waals surface area contributed by atoms with Gasteiger partial charge < -0.3 is 10.2 Å². The molecule has 0 spiro atoms. The van der Waals surface area contributed by atoms with Gasteiger partial charge in [-0.1, -0.05) is 0 Å². The van der Waals surface area contributed by atoms with Gasteiger partial charge in [0.2, 0.25) is 5.91 Å². The van der Waals surface area contributed by atoms with Crippen molar-refractivity contribution in [2.24, 2.45) is 5.14 Å². The van der Waals surface area contributed by atoms with E-state index in [2.05, 4.69) is 5.32 Å². The number of nitrogens with one attached hydrogen (secondary N) is 3. The van der Waals surface area contributed by atoms with Gasteiger partial charge in [0.1, 0.15) is 10.8 Å². The third kappa shape index (κ3) is 3.33. The third-order valence-electron chi connectivity index (χ3n) is 1.98. The Labute approximate surface area is 89.8 Å². The van der Waals surface area contributed by atoms with E-state index in [0.29, 0.717) is 26.2 Å². The number of carbonyl (C=O) groups is 1. The first kappa shape index (κ1) is 12.2.